The Kier molecular flexibility index (Phi) is 1.71. The van der Waals surface area contributed by atoms with E-state index < -0.39 is 7.12 Å². The molecule has 1 aliphatic carbocycles. The SMILES string of the molecule is OB(O)C1=C[C@@H]2C=CN=C2C=C1. The highest BCUT2D eigenvalue weighted by Gasteiger charge is 2.21. The Morgan fingerprint density at radius 1 is 1.33 bits per heavy atom. The lowest BCUT2D eigenvalue weighted by molar-refractivity contribution is 0.420. The third-order valence-electron chi connectivity index (χ3n) is 1.98. The Morgan fingerprint density at radius 2 is 2.17 bits per heavy atom. The molecular weight excluding hydrogens is 153 g/mol. The number of allylic oxidation sites excluding steroid dienone is 5. The number of fused-ring (bicyclic) bond motifs is 1. The summed E-state index contributed by atoms with van der Waals surface area (Å²) < 4.78 is 0. The van der Waals surface area contributed by atoms with Gasteiger partial charge in [-0.1, -0.05) is 18.2 Å². The van der Waals surface area contributed by atoms with E-state index in [4.69, 9.17) is 10.0 Å². The molecule has 0 saturated carbocycles. The van der Waals surface area contributed by atoms with E-state index in [-0.39, 0.29) is 5.92 Å². The maximum absolute atomic E-state index is 8.87. The third kappa shape index (κ3) is 1.15. The van der Waals surface area contributed by atoms with Gasteiger partial charge >= 0.3 is 7.12 Å². The summed E-state index contributed by atoms with van der Waals surface area (Å²) in [6, 6.07) is 0. The van der Waals surface area contributed by atoms with Gasteiger partial charge in [0.05, 0.1) is 5.71 Å². The van der Waals surface area contributed by atoms with Gasteiger partial charge in [-0.25, -0.2) is 0 Å². The van der Waals surface area contributed by atoms with E-state index >= 15 is 0 Å². The Hall–Kier alpha value is -1.13. The van der Waals surface area contributed by atoms with Crippen LogP contribution < -0.4 is 0 Å². The Balaban J connectivity index is 2.28. The minimum Gasteiger partial charge on any atom is -0.423 e. The van der Waals surface area contributed by atoms with E-state index in [0.29, 0.717) is 5.47 Å². The van der Waals surface area contributed by atoms with Crippen molar-refractivity contribution in [3.05, 3.63) is 36.0 Å². The summed E-state index contributed by atoms with van der Waals surface area (Å²) >= 11 is 0. The van der Waals surface area contributed by atoms with Crippen LogP contribution in [0.2, 0.25) is 0 Å². The van der Waals surface area contributed by atoms with Crippen molar-refractivity contribution in [2.45, 2.75) is 0 Å². The second-order valence-electron chi connectivity index (χ2n) is 2.79. The maximum atomic E-state index is 8.87. The molecule has 0 bridgehead atoms. The van der Waals surface area contributed by atoms with Crippen LogP contribution in [0, 0.1) is 5.92 Å². The number of hydrogen-bond acceptors (Lipinski definition) is 3. The fraction of sp³-hybridized carbons (Fsp3) is 0.125. The zero-order valence-corrected chi connectivity index (χ0v) is 6.38. The normalized spacial score (nSPS) is 25.0. The summed E-state index contributed by atoms with van der Waals surface area (Å²) in [5, 5.41) is 17.7. The molecule has 4 heteroatoms. The first-order chi connectivity index (χ1) is 5.77. The minimum atomic E-state index is -1.38. The minimum absolute atomic E-state index is 0.131. The fourth-order valence-corrected chi connectivity index (χ4v) is 1.32. The van der Waals surface area contributed by atoms with Crippen LogP contribution in [0.25, 0.3) is 0 Å². The zero-order chi connectivity index (χ0) is 8.55. The van der Waals surface area contributed by atoms with Crippen LogP contribution in [0.4, 0.5) is 0 Å². The molecule has 0 aromatic heterocycles. The van der Waals surface area contributed by atoms with Crippen molar-refractivity contribution in [3.8, 4) is 0 Å². The molecule has 1 heterocycles. The standard InChI is InChI=1S/C8H8BNO2/c11-9(12)7-1-2-8-6(5-7)3-4-10-8/h1-6,11-12H/t6-/m0/s1. The van der Waals surface area contributed by atoms with Gasteiger partial charge in [-0.15, -0.1) is 0 Å². The van der Waals surface area contributed by atoms with Gasteiger partial charge in [-0.3, -0.25) is 4.99 Å². The molecule has 0 unspecified atom stereocenters. The van der Waals surface area contributed by atoms with E-state index in [1.54, 1.807) is 24.4 Å². The molecule has 0 spiro atoms. The molecule has 0 fully saturated rings. The van der Waals surface area contributed by atoms with Gasteiger partial charge in [0.2, 0.25) is 0 Å². The quantitative estimate of drug-likeness (QED) is 0.535. The predicted octanol–water partition coefficient (Wildman–Crippen LogP) is 0.0791. The van der Waals surface area contributed by atoms with Crippen molar-refractivity contribution >= 4 is 12.8 Å². The van der Waals surface area contributed by atoms with Crippen LogP contribution in [0.1, 0.15) is 0 Å². The highest BCUT2D eigenvalue weighted by Crippen LogP contribution is 2.20. The fourth-order valence-electron chi connectivity index (χ4n) is 1.32. The molecule has 1 aliphatic heterocycles. The molecule has 0 aromatic rings. The van der Waals surface area contributed by atoms with E-state index in [1.807, 2.05) is 6.08 Å². The summed E-state index contributed by atoms with van der Waals surface area (Å²) in [4.78, 5) is 4.09. The Labute approximate surface area is 70.6 Å². The number of aliphatic imine (C=N–C) groups is 1. The van der Waals surface area contributed by atoms with Crippen molar-refractivity contribution in [1.82, 2.24) is 0 Å². The van der Waals surface area contributed by atoms with Crippen LogP contribution in [-0.4, -0.2) is 22.9 Å². The molecule has 0 aromatic carbocycles. The van der Waals surface area contributed by atoms with E-state index in [9.17, 15) is 0 Å². The molecule has 3 nitrogen and oxygen atoms in total. The smallest absolute Gasteiger partial charge is 0.423 e. The summed E-state index contributed by atoms with van der Waals surface area (Å²) in [7, 11) is -1.38. The molecule has 0 amide bonds. The molecule has 0 saturated heterocycles. The van der Waals surface area contributed by atoms with Gasteiger partial charge < -0.3 is 10.0 Å². The maximum Gasteiger partial charge on any atom is 0.488 e. The average Bonchev–Trinajstić information content (AvgIpc) is 2.49. The summed E-state index contributed by atoms with van der Waals surface area (Å²) in [6.07, 6.45) is 8.92. The highest BCUT2D eigenvalue weighted by atomic mass is 16.4. The van der Waals surface area contributed by atoms with Crippen LogP contribution in [0.5, 0.6) is 0 Å². The van der Waals surface area contributed by atoms with Crippen LogP contribution in [-0.2, 0) is 0 Å². The molecule has 2 rings (SSSR count). The van der Waals surface area contributed by atoms with Crippen molar-refractivity contribution in [2.24, 2.45) is 10.9 Å². The lowest BCUT2D eigenvalue weighted by Crippen LogP contribution is -2.19. The first-order valence-electron chi connectivity index (χ1n) is 3.77. The van der Waals surface area contributed by atoms with E-state index in [1.165, 1.54) is 0 Å². The van der Waals surface area contributed by atoms with Gasteiger partial charge in [0.1, 0.15) is 0 Å². The topological polar surface area (TPSA) is 52.8 Å². The molecular formula is C8H8BNO2. The summed E-state index contributed by atoms with van der Waals surface area (Å²) in [6.45, 7) is 0. The average molecular weight is 161 g/mol. The van der Waals surface area contributed by atoms with Gasteiger partial charge in [0, 0.05) is 12.1 Å². The first-order valence-corrected chi connectivity index (χ1v) is 3.77. The molecule has 12 heavy (non-hydrogen) atoms. The van der Waals surface area contributed by atoms with Gasteiger partial charge in [-0.2, -0.15) is 0 Å². The molecule has 0 radical (unpaired) electrons. The lowest BCUT2D eigenvalue weighted by Gasteiger charge is -2.11. The third-order valence-corrected chi connectivity index (χ3v) is 1.98. The number of rotatable bonds is 1. The zero-order valence-electron chi connectivity index (χ0n) is 6.38. The van der Waals surface area contributed by atoms with Crippen molar-refractivity contribution in [1.29, 1.82) is 0 Å². The van der Waals surface area contributed by atoms with Gasteiger partial charge in [0.15, 0.2) is 0 Å². The van der Waals surface area contributed by atoms with E-state index in [2.05, 4.69) is 4.99 Å². The van der Waals surface area contributed by atoms with Crippen LogP contribution >= 0.6 is 0 Å². The molecule has 2 N–H and O–H groups in total. The van der Waals surface area contributed by atoms with Crippen LogP contribution in [0.15, 0.2) is 41.0 Å². The van der Waals surface area contributed by atoms with Crippen molar-refractivity contribution in [3.63, 3.8) is 0 Å². The highest BCUT2D eigenvalue weighted by molar-refractivity contribution is 6.52. The van der Waals surface area contributed by atoms with Gasteiger partial charge in [-0.05, 0) is 11.5 Å². The number of nitrogens with zero attached hydrogens (tertiary/aromatic N) is 1. The predicted molar refractivity (Wildman–Crippen MR) is 47.5 cm³/mol. The van der Waals surface area contributed by atoms with Gasteiger partial charge in [0.25, 0.3) is 0 Å². The largest absolute Gasteiger partial charge is 0.488 e. The molecule has 2 aliphatic rings. The molecule has 1 atom stereocenters. The van der Waals surface area contributed by atoms with E-state index in [0.717, 1.165) is 5.71 Å². The number of hydrogen-bond donors (Lipinski definition) is 2. The second kappa shape index (κ2) is 2.73. The Bertz CT molecular complexity index is 315. The molecule has 60 valence electrons. The first kappa shape index (κ1) is 7.52. The summed E-state index contributed by atoms with van der Waals surface area (Å²) in [5.74, 6) is 0.131. The lowest BCUT2D eigenvalue weighted by atomic mass is 9.74. The monoisotopic (exact) mass is 161 g/mol. The second-order valence-corrected chi connectivity index (χ2v) is 2.79. The van der Waals surface area contributed by atoms with Crippen molar-refractivity contribution < 1.29 is 10.0 Å². The Morgan fingerprint density at radius 3 is 2.92 bits per heavy atom. The van der Waals surface area contributed by atoms with Crippen molar-refractivity contribution in [2.75, 3.05) is 0 Å². The van der Waals surface area contributed by atoms with Crippen LogP contribution in [0.3, 0.4) is 0 Å². The summed E-state index contributed by atoms with van der Waals surface area (Å²) in [5.41, 5.74) is 1.49.